The molecule has 1 fully saturated rings. The first kappa shape index (κ1) is 19.9. The van der Waals surface area contributed by atoms with Crippen molar-refractivity contribution >= 4 is 11.8 Å². The molecule has 0 aliphatic carbocycles. The number of hydrogen-bond donors (Lipinski definition) is 1. The van der Waals surface area contributed by atoms with Gasteiger partial charge in [-0.2, -0.15) is 0 Å². The lowest BCUT2D eigenvalue weighted by Crippen LogP contribution is -2.48. The van der Waals surface area contributed by atoms with Crippen molar-refractivity contribution in [2.45, 2.75) is 39.3 Å². The maximum atomic E-state index is 13.1. The van der Waals surface area contributed by atoms with Crippen molar-refractivity contribution in [3.05, 3.63) is 65.2 Å². The van der Waals surface area contributed by atoms with Crippen LogP contribution in [0.5, 0.6) is 5.75 Å². The van der Waals surface area contributed by atoms with E-state index in [4.69, 9.17) is 4.74 Å². The zero-order valence-corrected chi connectivity index (χ0v) is 16.8. The maximum Gasteiger partial charge on any atom is 0.225 e. The molecule has 2 aromatic carbocycles. The summed E-state index contributed by atoms with van der Waals surface area (Å²) in [5, 5.41) is 3.09. The van der Waals surface area contributed by atoms with Gasteiger partial charge in [-0.05, 0) is 37.5 Å². The van der Waals surface area contributed by atoms with Crippen molar-refractivity contribution in [2.75, 3.05) is 13.7 Å². The lowest BCUT2D eigenvalue weighted by atomic mass is 9.83. The largest absolute Gasteiger partial charge is 0.496 e. The lowest BCUT2D eigenvalue weighted by Gasteiger charge is -2.40. The quantitative estimate of drug-likeness (QED) is 0.833. The van der Waals surface area contributed by atoms with E-state index in [1.165, 1.54) is 0 Å². The Bertz CT molecular complexity index is 849. The summed E-state index contributed by atoms with van der Waals surface area (Å²) < 4.78 is 5.53. The third kappa shape index (κ3) is 4.03. The number of methoxy groups -OCH3 is 1. The Morgan fingerprint density at radius 2 is 1.89 bits per heavy atom. The van der Waals surface area contributed by atoms with E-state index in [-0.39, 0.29) is 23.8 Å². The van der Waals surface area contributed by atoms with Crippen LogP contribution in [-0.4, -0.2) is 30.4 Å². The second kappa shape index (κ2) is 8.91. The van der Waals surface area contributed by atoms with E-state index in [2.05, 4.69) is 5.32 Å². The summed E-state index contributed by atoms with van der Waals surface area (Å²) in [5.41, 5.74) is 3.14. The van der Waals surface area contributed by atoms with E-state index in [1.54, 1.807) is 12.0 Å². The van der Waals surface area contributed by atoms with Crippen molar-refractivity contribution in [3.8, 4) is 5.75 Å². The van der Waals surface area contributed by atoms with E-state index in [0.717, 1.165) is 16.7 Å². The second-order valence-electron chi connectivity index (χ2n) is 7.16. The fourth-order valence-corrected chi connectivity index (χ4v) is 4.02. The smallest absolute Gasteiger partial charge is 0.225 e. The molecule has 0 bridgehead atoms. The Labute approximate surface area is 166 Å². The lowest BCUT2D eigenvalue weighted by molar-refractivity contribution is -0.143. The van der Waals surface area contributed by atoms with Crippen molar-refractivity contribution < 1.29 is 14.3 Å². The fourth-order valence-electron chi connectivity index (χ4n) is 4.02. The van der Waals surface area contributed by atoms with E-state index in [9.17, 15) is 9.59 Å². The Hall–Kier alpha value is -2.82. The molecule has 5 nitrogen and oxygen atoms in total. The van der Waals surface area contributed by atoms with Crippen LogP contribution in [0.1, 0.15) is 42.5 Å². The van der Waals surface area contributed by atoms with Crippen LogP contribution in [0.3, 0.4) is 0 Å². The minimum atomic E-state index is -0.320. The number of aryl methyl sites for hydroxylation is 1. The van der Waals surface area contributed by atoms with Gasteiger partial charge in [-0.1, -0.05) is 42.5 Å². The molecule has 0 radical (unpaired) electrons. The first-order valence-corrected chi connectivity index (χ1v) is 9.81. The standard InChI is InChI=1S/C23H28N2O3/c1-4-25-21(26)14-13-19(22(25)18-11-7-8-12-20(18)28-3)23(27)24-15-17-10-6-5-9-16(17)2/h5-12,19,22H,4,13-15H2,1-3H3,(H,24,27)/t19-,22+/m1/s1. The Morgan fingerprint density at radius 3 is 2.61 bits per heavy atom. The van der Waals surface area contributed by atoms with Gasteiger partial charge in [0.25, 0.3) is 0 Å². The molecule has 1 heterocycles. The molecule has 0 spiro atoms. The summed E-state index contributed by atoms with van der Waals surface area (Å²) in [6.45, 7) is 5.04. The van der Waals surface area contributed by atoms with Gasteiger partial charge in [-0.25, -0.2) is 0 Å². The molecule has 1 N–H and O–H groups in total. The number of amides is 2. The molecule has 0 unspecified atom stereocenters. The molecule has 0 aromatic heterocycles. The minimum Gasteiger partial charge on any atom is -0.496 e. The summed E-state index contributed by atoms with van der Waals surface area (Å²) in [4.78, 5) is 27.5. The molecule has 3 rings (SSSR count). The van der Waals surface area contributed by atoms with Crippen LogP contribution in [0.15, 0.2) is 48.5 Å². The predicted molar refractivity (Wildman–Crippen MR) is 109 cm³/mol. The number of para-hydroxylation sites is 1. The number of benzene rings is 2. The van der Waals surface area contributed by atoms with E-state index >= 15 is 0 Å². The first-order valence-electron chi connectivity index (χ1n) is 9.81. The van der Waals surface area contributed by atoms with Gasteiger partial charge in [0.05, 0.1) is 19.1 Å². The number of rotatable bonds is 6. The number of carbonyl (C=O) groups is 2. The molecule has 28 heavy (non-hydrogen) atoms. The second-order valence-corrected chi connectivity index (χ2v) is 7.16. The number of nitrogens with zero attached hydrogens (tertiary/aromatic N) is 1. The number of nitrogens with one attached hydrogen (secondary N) is 1. The molecule has 1 saturated heterocycles. The van der Waals surface area contributed by atoms with Gasteiger partial charge >= 0.3 is 0 Å². The van der Waals surface area contributed by atoms with Crippen LogP contribution in [0, 0.1) is 12.8 Å². The van der Waals surface area contributed by atoms with Gasteiger partial charge in [0, 0.05) is 25.1 Å². The van der Waals surface area contributed by atoms with E-state index in [1.807, 2.05) is 62.4 Å². The topological polar surface area (TPSA) is 58.6 Å². The highest BCUT2D eigenvalue weighted by Gasteiger charge is 2.41. The third-order valence-electron chi connectivity index (χ3n) is 5.56. The van der Waals surface area contributed by atoms with Gasteiger partial charge in [0.15, 0.2) is 0 Å². The molecular weight excluding hydrogens is 352 g/mol. The van der Waals surface area contributed by atoms with E-state index < -0.39 is 0 Å². The average molecular weight is 380 g/mol. The molecule has 2 aromatic rings. The third-order valence-corrected chi connectivity index (χ3v) is 5.56. The van der Waals surface area contributed by atoms with Crippen molar-refractivity contribution in [2.24, 2.45) is 5.92 Å². The summed E-state index contributed by atoms with van der Waals surface area (Å²) in [6.07, 6.45) is 0.930. The molecule has 1 aliphatic heterocycles. The van der Waals surface area contributed by atoms with Crippen molar-refractivity contribution in [3.63, 3.8) is 0 Å². The molecule has 2 amide bonds. The highest BCUT2D eigenvalue weighted by molar-refractivity contribution is 5.85. The summed E-state index contributed by atoms with van der Waals surface area (Å²) >= 11 is 0. The highest BCUT2D eigenvalue weighted by Crippen LogP contribution is 2.40. The zero-order valence-electron chi connectivity index (χ0n) is 16.8. The molecular formula is C23H28N2O3. The highest BCUT2D eigenvalue weighted by atomic mass is 16.5. The van der Waals surface area contributed by atoms with E-state index in [0.29, 0.717) is 31.7 Å². The SMILES string of the molecule is CCN1C(=O)CC[C@@H](C(=O)NCc2ccccc2C)[C@@H]1c1ccccc1OC. The normalized spacial score (nSPS) is 19.4. The van der Waals surface area contributed by atoms with Crippen LogP contribution in [-0.2, 0) is 16.1 Å². The van der Waals surface area contributed by atoms with Gasteiger partial charge in [-0.3, -0.25) is 9.59 Å². The number of likely N-dealkylation sites (tertiary alicyclic amines) is 1. The van der Waals surface area contributed by atoms with Gasteiger partial charge < -0.3 is 15.0 Å². The molecule has 1 aliphatic rings. The molecule has 2 atom stereocenters. The average Bonchev–Trinajstić information content (AvgIpc) is 2.72. The number of hydrogen-bond acceptors (Lipinski definition) is 3. The van der Waals surface area contributed by atoms with Crippen LogP contribution < -0.4 is 10.1 Å². The monoisotopic (exact) mass is 380 g/mol. The van der Waals surface area contributed by atoms with Crippen LogP contribution >= 0.6 is 0 Å². The number of carbonyl (C=O) groups excluding carboxylic acids is 2. The fraction of sp³-hybridized carbons (Fsp3) is 0.391. The summed E-state index contributed by atoms with van der Waals surface area (Å²) in [7, 11) is 1.62. The van der Waals surface area contributed by atoms with Gasteiger partial charge in [0.1, 0.15) is 5.75 Å². The summed E-state index contributed by atoms with van der Waals surface area (Å²) in [6, 6.07) is 15.4. The van der Waals surface area contributed by atoms with Crippen LogP contribution in [0.2, 0.25) is 0 Å². The van der Waals surface area contributed by atoms with Gasteiger partial charge in [0.2, 0.25) is 11.8 Å². The Morgan fingerprint density at radius 1 is 1.18 bits per heavy atom. The maximum absolute atomic E-state index is 13.1. The van der Waals surface area contributed by atoms with Crippen molar-refractivity contribution in [1.82, 2.24) is 10.2 Å². The zero-order chi connectivity index (χ0) is 20.1. The summed E-state index contributed by atoms with van der Waals surface area (Å²) in [5.74, 6) is 0.460. The van der Waals surface area contributed by atoms with Crippen molar-refractivity contribution in [1.29, 1.82) is 0 Å². The van der Waals surface area contributed by atoms with Gasteiger partial charge in [-0.15, -0.1) is 0 Å². The number of ether oxygens (including phenoxy) is 1. The van der Waals surface area contributed by atoms with Crippen LogP contribution in [0.25, 0.3) is 0 Å². The molecule has 5 heteroatoms. The van der Waals surface area contributed by atoms with Crippen LogP contribution in [0.4, 0.5) is 0 Å². The first-order chi connectivity index (χ1) is 13.6. The predicted octanol–water partition coefficient (Wildman–Crippen LogP) is 3.62. The Balaban J connectivity index is 1.87. The Kier molecular flexibility index (Phi) is 6.34. The molecule has 148 valence electrons. The molecule has 0 saturated carbocycles. The minimum absolute atomic E-state index is 0.0230. The number of piperidine rings is 1.